The molecular weight excluding hydrogens is 871 g/mol. The first kappa shape index (κ1) is 52.1. The van der Waals surface area contributed by atoms with Crippen LogP contribution in [0.25, 0.3) is 0 Å². The third-order valence-corrected chi connectivity index (χ3v) is 13.3. The number of hydrogen-bond donors (Lipinski definition) is 0. The fraction of sp³-hybridized carbons (Fsp3) is 0.952. The van der Waals surface area contributed by atoms with Gasteiger partial charge in [0.05, 0.1) is 49.9 Å². The summed E-state index contributed by atoms with van der Waals surface area (Å²) < 4.78 is 24.4. The van der Waals surface area contributed by atoms with Crippen molar-refractivity contribution in [2.24, 2.45) is 57.3 Å². The molecule has 2 aliphatic carbocycles. The maximum absolute atomic E-state index is 6.15. The molecule has 0 aromatic carbocycles. The van der Waals surface area contributed by atoms with Gasteiger partial charge in [0.25, 0.3) is 0 Å². The van der Waals surface area contributed by atoms with E-state index in [-0.39, 0.29) is 0 Å². The van der Waals surface area contributed by atoms with Crippen molar-refractivity contribution < 1.29 is 29.2 Å². The van der Waals surface area contributed by atoms with Crippen molar-refractivity contribution in [1.82, 2.24) is 0 Å². The van der Waals surface area contributed by atoms with Gasteiger partial charge in [0.1, 0.15) is 0 Å². The number of ether oxygens (including phenoxy) is 2. The molecule has 4 atom stereocenters. The molecule has 0 amide bonds. The Morgan fingerprint density at radius 3 is 1.06 bits per heavy atom. The Labute approximate surface area is 351 Å². The summed E-state index contributed by atoms with van der Waals surface area (Å²) in [7, 11) is -1.81. The van der Waals surface area contributed by atoms with Crippen LogP contribution in [0.5, 0.6) is 0 Å². The predicted octanol–water partition coefficient (Wildman–Crippen LogP) is 13.0. The van der Waals surface area contributed by atoms with Crippen LogP contribution in [-0.2, 0) is 29.2 Å². The van der Waals surface area contributed by atoms with Crippen molar-refractivity contribution in [2.45, 2.75) is 171 Å². The standard InChI is InChI=1S/C42H84N2O4Si2.2BrH.Ni/c1-31(2)35-19-15-20-36(32(3)4)41(35)43-39(23-17-25-45-27-29-47-49(9,10)11)40(24-18-26-46-28-30-48-50(12,13)14)44-42-37(33(5)6)21-16-22-38(42)34(7)8;;;/h31-38,41-42H,15-30H2,1-14H3;2*1H;/q;;;+2/p-2. The monoisotopic (exact) mass is 952 g/mol. The molecule has 0 N–H and O–H groups in total. The van der Waals surface area contributed by atoms with Gasteiger partial charge >= 0.3 is 39.3 Å². The zero-order valence-electron chi connectivity index (χ0n) is 36.7. The van der Waals surface area contributed by atoms with Crippen molar-refractivity contribution in [3.8, 4) is 0 Å². The van der Waals surface area contributed by atoms with Crippen LogP contribution in [-0.4, -0.2) is 79.8 Å². The molecule has 6 nitrogen and oxygen atoms in total. The third kappa shape index (κ3) is 22.1. The number of rotatable bonds is 23. The van der Waals surface area contributed by atoms with Crippen molar-refractivity contribution in [3.63, 3.8) is 0 Å². The molecule has 0 spiro atoms. The first-order valence-corrected chi connectivity index (χ1v) is 32.9. The van der Waals surface area contributed by atoms with Crippen molar-refractivity contribution in [1.29, 1.82) is 0 Å². The number of hydrogen-bond acceptors (Lipinski definition) is 6. The van der Waals surface area contributed by atoms with E-state index in [0.29, 0.717) is 85.9 Å². The molecule has 318 valence electrons. The second-order valence-corrected chi connectivity index (χ2v) is 33.0. The second kappa shape index (κ2) is 27.7. The topological polar surface area (TPSA) is 61.6 Å². The summed E-state index contributed by atoms with van der Waals surface area (Å²) in [6, 6.07) is 0.719. The van der Waals surface area contributed by atoms with E-state index >= 15 is 0 Å². The Hall–Kier alpha value is 1.07. The van der Waals surface area contributed by atoms with Gasteiger partial charge in [-0.3, -0.25) is 9.98 Å². The molecule has 2 aliphatic rings. The molecule has 0 radical (unpaired) electrons. The van der Waals surface area contributed by atoms with Gasteiger partial charge in [0, 0.05) is 13.2 Å². The van der Waals surface area contributed by atoms with Gasteiger partial charge in [0.2, 0.25) is 0 Å². The molecule has 4 unspecified atom stereocenters. The van der Waals surface area contributed by atoms with Crippen molar-refractivity contribution >= 4 is 56.5 Å². The minimum atomic E-state index is -1.53. The summed E-state index contributed by atoms with van der Waals surface area (Å²) in [5.74, 6) is 5.00. The summed E-state index contributed by atoms with van der Waals surface area (Å²) >= 11 is 6.00. The van der Waals surface area contributed by atoms with Crippen LogP contribution in [0.4, 0.5) is 0 Å². The van der Waals surface area contributed by atoms with E-state index in [1.54, 1.807) is 0 Å². The summed E-state index contributed by atoms with van der Waals surface area (Å²) in [5, 5.41) is 0. The first-order chi connectivity index (χ1) is 24.8. The van der Waals surface area contributed by atoms with Crippen LogP contribution in [0.2, 0.25) is 39.3 Å². The number of aliphatic imine (C=N–C) groups is 2. The van der Waals surface area contributed by atoms with Crippen molar-refractivity contribution in [3.05, 3.63) is 0 Å². The maximum atomic E-state index is 6.15. The van der Waals surface area contributed by atoms with Crippen LogP contribution >= 0.6 is 28.5 Å². The Bertz CT molecular complexity index is 910. The minimum absolute atomic E-state index is 0.359. The Kier molecular flexibility index (Phi) is 27.2. The fourth-order valence-electron chi connectivity index (χ4n) is 8.42. The van der Waals surface area contributed by atoms with Crippen LogP contribution in [0.3, 0.4) is 0 Å². The number of halogens is 2. The summed E-state index contributed by atoms with van der Waals surface area (Å²) in [4.78, 5) is 11.8. The van der Waals surface area contributed by atoms with E-state index in [1.165, 1.54) is 60.8 Å². The van der Waals surface area contributed by atoms with E-state index < -0.39 is 16.6 Å². The Morgan fingerprint density at radius 1 is 0.528 bits per heavy atom. The Balaban J connectivity index is 0.00000452. The van der Waals surface area contributed by atoms with Crippen LogP contribution in [0.15, 0.2) is 9.98 Å². The predicted molar refractivity (Wildman–Crippen MR) is 240 cm³/mol. The molecule has 2 rings (SSSR count). The van der Waals surface area contributed by atoms with Crippen molar-refractivity contribution in [2.75, 3.05) is 39.6 Å². The second-order valence-electron chi connectivity index (χ2n) is 19.0. The van der Waals surface area contributed by atoms with Gasteiger partial charge in [-0.15, -0.1) is 0 Å². The fourth-order valence-corrected chi connectivity index (χ4v) is 9.81. The van der Waals surface area contributed by atoms with E-state index in [1.807, 2.05) is 0 Å². The molecule has 0 saturated heterocycles. The molecule has 53 heavy (non-hydrogen) atoms. The molecule has 2 saturated carbocycles. The summed E-state index contributed by atoms with van der Waals surface area (Å²) in [6.45, 7) is 37.0. The average Bonchev–Trinajstić information content (AvgIpc) is 3.05. The molecule has 0 aliphatic heterocycles. The van der Waals surface area contributed by atoms with Crippen LogP contribution in [0.1, 0.15) is 120 Å². The van der Waals surface area contributed by atoms with Gasteiger partial charge in [-0.25, -0.2) is 0 Å². The summed E-state index contributed by atoms with van der Waals surface area (Å²) in [5.41, 5.74) is 2.54. The molecule has 0 aromatic heterocycles. The zero-order valence-corrected chi connectivity index (χ0v) is 42.8. The average molecular weight is 956 g/mol. The van der Waals surface area contributed by atoms with Gasteiger partial charge in [0.15, 0.2) is 16.6 Å². The first-order valence-electron chi connectivity index (χ1n) is 21.2. The zero-order chi connectivity index (χ0) is 40.2. The SMILES string of the molecule is CC(C)C1CCCC(C(C)C)C1N=C(CCCOCCO[Si](C)(C)C)C(CCCOCCO[Si](C)(C)C)=NC1C(C(C)C)CCCC1C(C)C.[Br][Ni][Br]. The molecule has 0 bridgehead atoms. The molecular formula is C42H84Br2N2NiO4Si2. The normalized spacial score (nSPS) is 25.1. The molecule has 0 heterocycles. The van der Waals surface area contributed by atoms with E-state index in [2.05, 4.69) is 123 Å². The molecule has 11 heteroatoms. The van der Waals surface area contributed by atoms with Crippen LogP contribution < -0.4 is 0 Å². The van der Waals surface area contributed by atoms with E-state index in [4.69, 9.17) is 28.3 Å². The molecule has 2 fully saturated rings. The van der Waals surface area contributed by atoms with E-state index in [9.17, 15) is 0 Å². The van der Waals surface area contributed by atoms with Crippen LogP contribution in [0, 0.1) is 47.3 Å². The van der Waals surface area contributed by atoms with E-state index in [0.717, 1.165) is 38.9 Å². The third-order valence-electron chi connectivity index (χ3n) is 11.2. The van der Waals surface area contributed by atoms with Gasteiger partial charge in [-0.05, 0) is 138 Å². The number of nitrogens with zero attached hydrogens (tertiary/aromatic N) is 2. The van der Waals surface area contributed by atoms with Gasteiger partial charge in [-0.1, -0.05) is 68.2 Å². The van der Waals surface area contributed by atoms with Gasteiger partial charge in [-0.2, -0.15) is 0 Å². The van der Waals surface area contributed by atoms with Gasteiger partial charge < -0.3 is 18.3 Å². The quantitative estimate of drug-likeness (QED) is 0.0582. The molecule has 0 aromatic rings. The summed E-state index contributed by atoms with van der Waals surface area (Å²) in [6.07, 6.45) is 11.6. The Morgan fingerprint density at radius 2 is 0.811 bits per heavy atom.